The minimum absolute atomic E-state index is 0.0470. The fourth-order valence-corrected chi connectivity index (χ4v) is 5.32. The Morgan fingerprint density at radius 3 is 2.18 bits per heavy atom. The summed E-state index contributed by atoms with van der Waals surface area (Å²) in [6.07, 6.45) is 1.81. The number of nitrogens with zero attached hydrogens (tertiary/aromatic N) is 2. The van der Waals surface area contributed by atoms with E-state index in [1.165, 1.54) is 17.5 Å². The predicted molar refractivity (Wildman–Crippen MR) is 155 cm³/mol. The number of nitrogens with one attached hydrogen (secondary N) is 1. The Morgan fingerprint density at radius 1 is 1.05 bits per heavy atom. The highest BCUT2D eigenvalue weighted by Crippen LogP contribution is 2.30. The average molecular weight is 582 g/mol. The summed E-state index contributed by atoms with van der Waals surface area (Å²) in [4.78, 5) is 28.3. The number of ether oxygens (including phenoxy) is 2. The quantitative estimate of drug-likeness (QED) is 0.370. The zero-order chi connectivity index (χ0) is 29.4. The van der Waals surface area contributed by atoms with E-state index >= 15 is 0 Å². The van der Waals surface area contributed by atoms with Gasteiger partial charge in [-0.2, -0.15) is 0 Å². The van der Waals surface area contributed by atoms with E-state index in [9.17, 15) is 18.0 Å². The number of rotatable bonds is 13. The lowest BCUT2D eigenvalue weighted by atomic mass is 10.0. The molecule has 2 aromatic rings. The van der Waals surface area contributed by atoms with Gasteiger partial charge in [-0.1, -0.05) is 30.7 Å². The van der Waals surface area contributed by atoms with E-state index in [0.717, 1.165) is 11.8 Å². The molecule has 0 bridgehead atoms. The summed E-state index contributed by atoms with van der Waals surface area (Å²) in [5.41, 5.74) is 0.758. The van der Waals surface area contributed by atoms with Crippen molar-refractivity contribution >= 4 is 39.1 Å². The van der Waals surface area contributed by atoms with Gasteiger partial charge in [0.1, 0.15) is 17.5 Å². The molecule has 2 rings (SSSR count). The van der Waals surface area contributed by atoms with Crippen molar-refractivity contribution in [3.8, 4) is 11.5 Å². The van der Waals surface area contributed by atoms with Gasteiger partial charge in [-0.25, -0.2) is 8.42 Å². The van der Waals surface area contributed by atoms with Crippen LogP contribution in [-0.4, -0.2) is 63.7 Å². The van der Waals surface area contributed by atoms with Gasteiger partial charge in [0.15, 0.2) is 0 Å². The van der Waals surface area contributed by atoms with Crippen molar-refractivity contribution in [1.82, 2.24) is 10.2 Å². The first-order chi connectivity index (χ1) is 18.2. The summed E-state index contributed by atoms with van der Waals surface area (Å²) in [6.45, 7) is 7.81. The van der Waals surface area contributed by atoms with Crippen LogP contribution in [0.4, 0.5) is 5.69 Å². The van der Waals surface area contributed by atoms with Crippen LogP contribution in [0.2, 0.25) is 5.02 Å². The minimum atomic E-state index is -3.65. The van der Waals surface area contributed by atoms with E-state index in [2.05, 4.69) is 5.32 Å². The fourth-order valence-electron chi connectivity index (χ4n) is 4.11. The molecule has 0 aliphatic carbocycles. The molecule has 0 heterocycles. The second-order valence-electron chi connectivity index (χ2n) is 10.3. The van der Waals surface area contributed by atoms with E-state index in [1.54, 1.807) is 36.3 Å². The molecule has 0 saturated carbocycles. The Bertz CT molecular complexity index is 1230. The number of benzene rings is 2. The summed E-state index contributed by atoms with van der Waals surface area (Å²) < 4.78 is 36.7. The largest absolute Gasteiger partial charge is 0.497 e. The Kier molecular flexibility index (Phi) is 11.5. The molecule has 9 nitrogen and oxygen atoms in total. The third-order valence-electron chi connectivity index (χ3n) is 5.97. The zero-order valence-electron chi connectivity index (χ0n) is 23.8. The van der Waals surface area contributed by atoms with Crippen molar-refractivity contribution in [3.63, 3.8) is 0 Å². The van der Waals surface area contributed by atoms with Gasteiger partial charge in [0.2, 0.25) is 21.8 Å². The van der Waals surface area contributed by atoms with Crippen LogP contribution in [0.25, 0.3) is 0 Å². The molecule has 1 N–H and O–H groups in total. The number of hydrogen-bond donors (Lipinski definition) is 1. The molecule has 0 unspecified atom stereocenters. The van der Waals surface area contributed by atoms with Crippen molar-refractivity contribution < 1.29 is 27.5 Å². The number of carbonyl (C=O) groups is 2. The summed E-state index contributed by atoms with van der Waals surface area (Å²) >= 11 is 6.22. The lowest BCUT2D eigenvalue weighted by Gasteiger charge is -2.33. The van der Waals surface area contributed by atoms with Gasteiger partial charge in [-0.15, -0.1) is 0 Å². The second-order valence-corrected chi connectivity index (χ2v) is 12.6. The van der Waals surface area contributed by atoms with E-state index < -0.39 is 21.6 Å². The topological polar surface area (TPSA) is 105 Å². The monoisotopic (exact) mass is 581 g/mol. The van der Waals surface area contributed by atoms with Crippen LogP contribution in [0.3, 0.4) is 0 Å². The summed E-state index contributed by atoms with van der Waals surface area (Å²) in [5, 5.41) is 3.26. The van der Waals surface area contributed by atoms with Crippen molar-refractivity contribution in [2.45, 2.75) is 65.1 Å². The fraction of sp³-hybridized carbons (Fsp3) is 0.500. The Hall–Kier alpha value is -2.98. The number of amides is 2. The van der Waals surface area contributed by atoms with Gasteiger partial charge >= 0.3 is 0 Å². The molecule has 0 aliphatic rings. The van der Waals surface area contributed by atoms with Crippen molar-refractivity contribution in [3.05, 3.63) is 53.1 Å². The molecule has 0 aromatic heterocycles. The van der Waals surface area contributed by atoms with E-state index in [4.69, 9.17) is 21.1 Å². The highest BCUT2D eigenvalue weighted by molar-refractivity contribution is 7.92. The van der Waals surface area contributed by atoms with Gasteiger partial charge in [-0.05, 0) is 69.5 Å². The minimum Gasteiger partial charge on any atom is -0.497 e. The molecule has 0 saturated heterocycles. The van der Waals surface area contributed by atoms with E-state index in [-0.39, 0.29) is 42.8 Å². The van der Waals surface area contributed by atoms with Crippen molar-refractivity contribution in [2.24, 2.45) is 0 Å². The number of carbonyl (C=O) groups excluding carboxylic acids is 2. The highest BCUT2D eigenvalue weighted by atomic mass is 35.5. The predicted octanol–water partition coefficient (Wildman–Crippen LogP) is 4.63. The summed E-state index contributed by atoms with van der Waals surface area (Å²) in [6, 6.07) is 11.3. The first-order valence-electron chi connectivity index (χ1n) is 12.8. The molecular weight excluding hydrogens is 542 g/mol. The molecule has 2 aromatic carbocycles. The molecule has 216 valence electrons. The van der Waals surface area contributed by atoms with Crippen molar-refractivity contribution in [2.75, 3.05) is 31.3 Å². The van der Waals surface area contributed by atoms with Crippen LogP contribution < -0.4 is 19.1 Å². The Balaban J connectivity index is 2.26. The maximum Gasteiger partial charge on any atom is 0.243 e. The number of anilines is 1. The van der Waals surface area contributed by atoms with Gasteiger partial charge in [-0.3, -0.25) is 13.9 Å². The maximum absolute atomic E-state index is 13.6. The molecule has 0 fully saturated rings. The first kappa shape index (κ1) is 32.2. The normalized spacial score (nSPS) is 12.4. The standard InChI is InChI=1S/C28H40ClN3O6S/c1-8-24(27(34)30-28(2,3)4)31(19-20-11-14-22(37-5)15-12-20)26(33)10-9-17-32(39(7,35)36)21-13-16-25(38-6)23(29)18-21/h11-16,18,24H,8-10,17,19H2,1-7H3,(H,30,34)/t24-/m1/s1. The molecular formula is C28H40ClN3O6S. The molecule has 39 heavy (non-hydrogen) atoms. The third kappa shape index (κ3) is 9.61. The SMILES string of the molecule is CC[C@H](C(=O)NC(C)(C)C)N(Cc1ccc(OC)cc1)C(=O)CCCN(c1ccc(OC)c(Cl)c1)S(C)(=O)=O. The lowest BCUT2D eigenvalue weighted by Crippen LogP contribution is -2.53. The highest BCUT2D eigenvalue weighted by Gasteiger charge is 2.30. The van der Waals surface area contributed by atoms with Gasteiger partial charge in [0.05, 0.1) is 31.2 Å². The first-order valence-corrected chi connectivity index (χ1v) is 15.0. The van der Waals surface area contributed by atoms with Crippen LogP contribution in [0.5, 0.6) is 11.5 Å². The third-order valence-corrected chi connectivity index (χ3v) is 7.46. The molecule has 0 spiro atoms. The number of halogens is 1. The smallest absolute Gasteiger partial charge is 0.243 e. The molecule has 1 atom stereocenters. The van der Waals surface area contributed by atoms with Crippen LogP contribution >= 0.6 is 11.6 Å². The summed E-state index contributed by atoms with van der Waals surface area (Å²) in [5.74, 6) is 0.631. The van der Waals surface area contributed by atoms with Crippen molar-refractivity contribution in [1.29, 1.82) is 0 Å². The molecule has 11 heteroatoms. The molecule has 0 radical (unpaired) electrons. The maximum atomic E-state index is 13.6. The Labute approximate surface area is 237 Å². The van der Waals surface area contributed by atoms with Gasteiger partial charge < -0.3 is 19.7 Å². The van der Waals surface area contributed by atoms with Crippen LogP contribution in [0, 0.1) is 0 Å². The van der Waals surface area contributed by atoms with Gasteiger partial charge in [0, 0.05) is 25.0 Å². The Morgan fingerprint density at radius 2 is 1.69 bits per heavy atom. The zero-order valence-corrected chi connectivity index (χ0v) is 25.4. The van der Waals surface area contributed by atoms with Crippen LogP contribution in [-0.2, 0) is 26.2 Å². The molecule has 0 aliphatic heterocycles. The number of sulfonamides is 1. The van der Waals surface area contributed by atoms with Crippen LogP contribution in [0.15, 0.2) is 42.5 Å². The van der Waals surface area contributed by atoms with Gasteiger partial charge in [0.25, 0.3) is 0 Å². The molecule has 2 amide bonds. The number of hydrogen-bond acceptors (Lipinski definition) is 6. The number of methoxy groups -OCH3 is 2. The average Bonchev–Trinajstić information content (AvgIpc) is 2.85. The summed E-state index contributed by atoms with van der Waals surface area (Å²) in [7, 11) is -0.596. The van der Waals surface area contributed by atoms with E-state index in [0.29, 0.717) is 23.6 Å². The van der Waals surface area contributed by atoms with Crippen LogP contribution in [0.1, 0.15) is 52.5 Å². The lowest BCUT2D eigenvalue weighted by molar-refractivity contribution is -0.142. The second kappa shape index (κ2) is 13.9. The van der Waals surface area contributed by atoms with E-state index in [1.807, 2.05) is 39.8 Å².